The van der Waals surface area contributed by atoms with Gasteiger partial charge in [-0.15, -0.1) is 0 Å². The predicted molar refractivity (Wildman–Crippen MR) is 135 cm³/mol. The van der Waals surface area contributed by atoms with Gasteiger partial charge in [-0.3, -0.25) is 9.48 Å². The first kappa shape index (κ1) is 22.2. The summed E-state index contributed by atoms with van der Waals surface area (Å²) in [5, 5.41) is 5.94. The molecule has 0 N–H and O–H groups in total. The Labute approximate surface area is 208 Å². The first-order valence-electron chi connectivity index (χ1n) is 12.0. The molecule has 2 aliphatic rings. The molecule has 2 aromatic heterocycles. The Balaban J connectivity index is 1.38. The molecule has 6 rings (SSSR count). The summed E-state index contributed by atoms with van der Waals surface area (Å²) in [5.74, 6) is 1.30. The van der Waals surface area contributed by atoms with Crippen LogP contribution < -0.4 is 15.0 Å². The second kappa shape index (κ2) is 9.06. The minimum atomic E-state index is 0.00937. The summed E-state index contributed by atoms with van der Waals surface area (Å²) in [6.07, 6.45) is 7.04. The fourth-order valence-corrected chi connectivity index (χ4v) is 5.32. The van der Waals surface area contributed by atoms with Crippen LogP contribution >= 0.6 is 11.6 Å². The third-order valence-electron chi connectivity index (χ3n) is 6.96. The summed E-state index contributed by atoms with van der Waals surface area (Å²) in [5.41, 5.74) is 5.30. The summed E-state index contributed by atoms with van der Waals surface area (Å²) < 4.78 is 14.8. The number of hydrogen-bond acceptors (Lipinski definition) is 5. The molecule has 0 spiro atoms. The minimum absolute atomic E-state index is 0.00937. The number of nitrogens with zero attached hydrogens (tertiary/aromatic N) is 4. The summed E-state index contributed by atoms with van der Waals surface area (Å²) in [7, 11) is 2.04. The lowest BCUT2D eigenvalue weighted by molar-refractivity contribution is 0.174. The van der Waals surface area contributed by atoms with Gasteiger partial charge < -0.3 is 18.9 Å². The number of aromatic nitrogens is 3. The molecule has 0 atom stereocenters. The first-order chi connectivity index (χ1) is 17.0. The van der Waals surface area contributed by atoms with Crippen molar-refractivity contribution in [3.8, 4) is 11.5 Å². The lowest BCUT2D eigenvalue weighted by Crippen LogP contribution is -2.30. The third kappa shape index (κ3) is 4.30. The van der Waals surface area contributed by atoms with Crippen molar-refractivity contribution in [2.45, 2.75) is 38.9 Å². The van der Waals surface area contributed by atoms with E-state index in [2.05, 4.69) is 28.2 Å². The Hall–Kier alpha value is -3.29. The molecule has 0 unspecified atom stereocenters. The number of likely N-dealkylation sites (N-methyl/N-ethyl adjacent to an activating group) is 1. The summed E-state index contributed by atoms with van der Waals surface area (Å²) in [6, 6.07) is 12.1. The Bertz CT molecular complexity index is 1460. The van der Waals surface area contributed by atoms with E-state index in [0.29, 0.717) is 29.6 Å². The van der Waals surface area contributed by atoms with Crippen LogP contribution in [0, 0.1) is 0 Å². The minimum Gasteiger partial charge on any atom is -0.454 e. The van der Waals surface area contributed by atoms with E-state index in [4.69, 9.17) is 21.1 Å². The van der Waals surface area contributed by atoms with Crippen molar-refractivity contribution in [1.29, 1.82) is 0 Å². The monoisotopic (exact) mass is 490 g/mol. The standard InChI is InChI=1S/C27H27ClN4O3/c1-30(8-9-31-7-3-6-29-31)15-22-11-20-10-18-4-2-5-19(18)12-24(20)32(27(22)33)16-21-13-25-26(14-23(21)28)35-17-34-25/h3,6-7,10-14H,2,4-5,8-9,15-17H2,1H3. The molecule has 1 aliphatic heterocycles. The lowest BCUT2D eigenvalue weighted by Gasteiger charge is -2.19. The van der Waals surface area contributed by atoms with Gasteiger partial charge in [0.2, 0.25) is 6.79 Å². The summed E-state index contributed by atoms with van der Waals surface area (Å²) in [4.78, 5) is 16.0. The number of benzene rings is 2. The highest BCUT2D eigenvalue weighted by atomic mass is 35.5. The van der Waals surface area contributed by atoms with Gasteiger partial charge in [0.25, 0.3) is 5.56 Å². The van der Waals surface area contributed by atoms with Gasteiger partial charge in [-0.25, -0.2) is 0 Å². The number of hydrogen-bond donors (Lipinski definition) is 0. The zero-order valence-electron chi connectivity index (χ0n) is 19.7. The van der Waals surface area contributed by atoms with Crippen LogP contribution in [-0.2, 0) is 32.5 Å². The smallest absolute Gasteiger partial charge is 0.255 e. The zero-order valence-corrected chi connectivity index (χ0v) is 20.4. The molecule has 35 heavy (non-hydrogen) atoms. The number of pyridine rings is 1. The van der Waals surface area contributed by atoms with Gasteiger partial charge in [-0.05, 0) is 78.7 Å². The third-order valence-corrected chi connectivity index (χ3v) is 7.31. The van der Waals surface area contributed by atoms with E-state index in [0.717, 1.165) is 54.4 Å². The van der Waals surface area contributed by atoms with Crippen LogP contribution in [0.4, 0.5) is 0 Å². The normalized spacial score (nSPS) is 14.3. The number of ether oxygens (including phenoxy) is 2. The molecular weight excluding hydrogens is 464 g/mol. The maximum absolute atomic E-state index is 13.8. The highest BCUT2D eigenvalue weighted by molar-refractivity contribution is 6.31. The molecule has 0 saturated heterocycles. The molecule has 2 aromatic carbocycles. The van der Waals surface area contributed by atoms with E-state index in [-0.39, 0.29) is 12.4 Å². The van der Waals surface area contributed by atoms with Crippen LogP contribution in [0.15, 0.2) is 53.6 Å². The van der Waals surface area contributed by atoms with Crippen molar-refractivity contribution in [3.63, 3.8) is 0 Å². The van der Waals surface area contributed by atoms with Gasteiger partial charge in [-0.1, -0.05) is 11.6 Å². The van der Waals surface area contributed by atoms with E-state index < -0.39 is 0 Å². The van der Waals surface area contributed by atoms with Gasteiger partial charge in [0.1, 0.15) is 0 Å². The van der Waals surface area contributed by atoms with Gasteiger partial charge in [-0.2, -0.15) is 5.10 Å². The van der Waals surface area contributed by atoms with E-state index in [1.54, 1.807) is 12.3 Å². The lowest BCUT2D eigenvalue weighted by atomic mass is 10.0. The zero-order chi connectivity index (χ0) is 23.9. The molecule has 1 aliphatic carbocycles. The Morgan fingerprint density at radius 2 is 1.86 bits per heavy atom. The second-order valence-corrected chi connectivity index (χ2v) is 9.81. The molecule has 0 saturated carbocycles. The first-order valence-corrected chi connectivity index (χ1v) is 12.4. The van der Waals surface area contributed by atoms with E-state index in [1.165, 1.54) is 11.1 Å². The Kier molecular flexibility index (Phi) is 5.74. The number of aryl methyl sites for hydroxylation is 2. The molecule has 4 aromatic rings. The van der Waals surface area contributed by atoms with Crippen molar-refractivity contribution >= 4 is 22.5 Å². The summed E-state index contributed by atoms with van der Waals surface area (Å²) in [6.45, 7) is 2.67. The molecule has 0 radical (unpaired) electrons. The maximum Gasteiger partial charge on any atom is 0.255 e. The van der Waals surface area contributed by atoms with Gasteiger partial charge in [0, 0.05) is 42.1 Å². The van der Waals surface area contributed by atoms with Gasteiger partial charge in [0.15, 0.2) is 11.5 Å². The molecule has 0 fully saturated rings. The van der Waals surface area contributed by atoms with E-state index in [9.17, 15) is 4.79 Å². The van der Waals surface area contributed by atoms with E-state index in [1.807, 2.05) is 34.6 Å². The molecule has 7 nitrogen and oxygen atoms in total. The van der Waals surface area contributed by atoms with Crippen molar-refractivity contribution < 1.29 is 9.47 Å². The highest BCUT2D eigenvalue weighted by Crippen LogP contribution is 2.37. The van der Waals surface area contributed by atoms with E-state index >= 15 is 0 Å². The Morgan fingerprint density at radius 3 is 2.66 bits per heavy atom. The van der Waals surface area contributed by atoms with Gasteiger partial charge in [0.05, 0.1) is 18.6 Å². The number of halogens is 1. The fourth-order valence-electron chi connectivity index (χ4n) is 5.11. The van der Waals surface area contributed by atoms with Crippen LogP contribution in [0.3, 0.4) is 0 Å². The fraction of sp³-hybridized carbons (Fsp3) is 0.333. The van der Waals surface area contributed by atoms with Crippen LogP contribution in [-0.4, -0.2) is 39.6 Å². The van der Waals surface area contributed by atoms with Crippen molar-refractivity contribution in [1.82, 2.24) is 19.2 Å². The van der Waals surface area contributed by atoms with Crippen molar-refractivity contribution in [2.24, 2.45) is 0 Å². The average Bonchev–Trinajstić information content (AvgIpc) is 3.61. The Morgan fingerprint density at radius 1 is 1.06 bits per heavy atom. The van der Waals surface area contributed by atoms with Crippen molar-refractivity contribution in [3.05, 3.63) is 86.4 Å². The molecular formula is C27H27ClN4O3. The van der Waals surface area contributed by atoms with Crippen LogP contribution in [0.1, 0.15) is 28.7 Å². The molecule has 0 amide bonds. The number of fused-ring (bicyclic) bond motifs is 3. The second-order valence-electron chi connectivity index (χ2n) is 9.40. The predicted octanol–water partition coefficient (Wildman–Crippen LogP) is 4.25. The number of rotatable bonds is 7. The van der Waals surface area contributed by atoms with Crippen molar-refractivity contribution in [2.75, 3.05) is 20.4 Å². The molecule has 0 bridgehead atoms. The molecule has 180 valence electrons. The molecule has 8 heteroatoms. The van der Waals surface area contributed by atoms with Crippen LogP contribution in [0.25, 0.3) is 10.9 Å². The average molecular weight is 491 g/mol. The summed E-state index contributed by atoms with van der Waals surface area (Å²) >= 11 is 6.60. The SMILES string of the molecule is CN(CCn1cccn1)Cc1cc2cc3c(cc2n(Cc2cc4c(cc2Cl)OCO4)c1=O)CCC3. The van der Waals surface area contributed by atoms with Gasteiger partial charge >= 0.3 is 0 Å². The quantitative estimate of drug-likeness (QED) is 0.387. The topological polar surface area (TPSA) is 61.5 Å². The molecule has 3 heterocycles. The van der Waals surface area contributed by atoms with Crippen LogP contribution in [0.5, 0.6) is 11.5 Å². The maximum atomic E-state index is 13.8. The van der Waals surface area contributed by atoms with Crippen LogP contribution in [0.2, 0.25) is 5.02 Å². The largest absolute Gasteiger partial charge is 0.454 e. The highest BCUT2D eigenvalue weighted by Gasteiger charge is 2.20.